The van der Waals surface area contributed by atoms with Gasteiger partial charge in [0.15, 0.2) is 0 Å². The first-order valence-electron chi connectivity index (χ1n) is 28.5. The van der Waals surface area contributed by atoms with Crippen molar-refractivity contribution in [2.75, 3.05) is 14.7 Å². The molecule has 3 aliphatic heterocycles. The van der Waals surface area contributed by atoms with Crippen LogP contribution in [-0.2, 0) is 27.1 Å². The van der Waals surface area contributed by atoms with Crippen molar-refractivity contribution in [3.05, 3.63) is 196 Å². The van der Waals surface area contributed by atoms with E-state index in [1.165, 1.54) is 148 Å². The van der Waals surface area contributed by atoms with Crippen LogP contribution in [0.3, 0.4) is 0 Å². The van der Waals surface area contributed by atoms with Gasteiger partial charge in [-0.05, 0) is 176 Å². The standard InChI is InChI=1S/C72H74BN3/c1-43-36-44(2)65-61(37-43)76(72(14)35-20-19-34-71(65,72)13)48-41-62-66-63(42-48)75(58-27-21-26-54-64(58)51-23-16-18-25-53(51)69(54,9)10)60-39-46(68(6,7)8)29-33-57(60)73(66)56-32-28-45(67(3,4)5)38-59(56)74(62)47-30-31-50-49-22-15-17-24-52(49)70(11,12)55(50)40-47/h15-18,21-33,36-42H,19-20,34-35H2,1-14H3. The molecule has 0 spiro atoms. The van der Waals surface area contributed by atoms with E-state index in [0.29, 0.717) is 0 Å². The lowest BCUT2D eigenvalue weighted by atomic mass is 9.33. The Hall–Kier alpha value is -6.78. The Bertz CT molecular complexity index is 3840. The molecule has 8 aromatic carbocycles. The van der Waals surface area contributed by atoms with Gasteiger partial charge < -0.3 is 14.7 Å². The SMILES string of the molecule is Cc1cc(C)c2c(c1)N(c1cc3c4c(c1)N(c1cccc5c1-c1ccccc1C5(C)C)c1cc(C(C)(C)C)ccc1B4c1ccc(C(C)(C)C)cc1N3c1ccc3c(c1)C(C)(C)c1ccccc1-3)C1(C)CCCCC21C. The van der Waals surface area contributed by atoms with Crippen LogP contribution in [0, 0.1) is 13.8 Å². The number of rotatable bonds is 3. The zero-order valence-corrected chi connectivity index (χ0v) is 47.6. The van der Waals surface area contributed by atoms with E-state index in [2.05, 4.69) is 257 Å². The Morgan fingerprint density at radius 1 is 0.447 bits per heavy atom. The fourth-order valence-electron chi connectivity index (χ4n) is 16.1. The van der Waals surface area contributed by atoms with Crippen LogP contribution in [0.2, 0.25) is 0 Å². The lowest BCUT2D eigenvalue weighted by Gasteiger charge is -2.51. The Morgan fingerprint density at radius 2 is 1.01 bits per heavy atom. The molecule has 3 nitrogen and oxygen atoms in total. The first-order chi connectivity index (χ1) is 36.0. The molecular formula is C72H74BN3. The average molecular weight is 992 g/mol. The molecule has 2 atom stereocenters. The van der Waals surface area contributed by atoms with E-state index >= 15 is 0 Å². The maximum absolute atomic E-state index is 2.86. The average Bonchev–Trinajstić information content (AvgIpc) is 3.99. The topological polar surface area (TPSA) is 9.72 Å². The van der Waals surface area contributed by atoms with Crippen LogP contribution in [0.1, 0.15) is 159 Å². The second kappa shape index (κ2) is 15.5. The molecule has 76 heavy (non-hydrogen) atoms. The molecule has 0 amide bonds. The van der Waals surface area contributed by atoms with Crippen molar-refractivity contribution in [2.24, 2.45) is 0 Å². The Kier molecular flexibility index (Phi) is 9.69. The number of hydrogen-bond acceptors (Lipinski definition) is 3. The van der Waals surface area contributed by atoms with Crippen molar-refractivity contribution >= 4 is 68.6 Å². The van der Waals surface area contributed by atoms with Gasteiger partial charge in [-0.2, -0.15) is 0 Å². The monoisotopic (exact) mass is 992 g/mol. The third-order valence-electron chi connectivity index (χ3n) is 20.2. The van der Waals surface area contributed by atoms with Gasteiger partial charge in [-0.3, -0.25) is 0 Å². The van der Waals surface area contributed by atoms with Gasteiger partial charge >= 0.3 is 0 Å². The molecule has 0 saturated heterocycles. The molecule has 0 aromatic heterocycles. The molecule has 380 valence electrons. The number of nitrogens with zero attached hydrogens (tertiary/aromatic N) is 3. The van der Waals surface area contributed by atoms with Crippen molar-refractivity contribution in [3.63, 3.8) is 0 Å². The number of anilines is 8. The first kappa shape index (κ1) is 47.7. The molecule has 14 rings (SSSR count). The molecule has 0 bridgehead atoms. The zero-order chi connectivity index (χ0) is 53.0. The van der Waals surface area contributed by atoms with Crippen molar-refractivity contribution in [2.45, 2.75) is 155 Å². The number of fused-ring (bicyclic) bond motifs is 13. The first-order valence-corrected chi connectivity index (χ1v) is 28.5. The van der Waals surface area contributed by atoms with Crippen molar-refractivity contribution < 1.29 is 0 Å². The summed E-state index contributed by atoms with van der Waals surface area (Å²) in [4.78, 5) is 8.32. The lowest BCUT2D eigenvalue weighted by Crippen LogP contribution is -2.61. The maximum atomic E-state index is 2.86. The van der Waals surface area contributed by atoms with Crippen LogP contribution in [-0.4, -0.2) is 12.3 Å². The highest BCUT2D eigenvalue weighted by Crippen LogP contribution is 2.64. The molecular weight excluding hydrogens is 918 g/mol. The van der Waals surface area contributed by atoms with Gasteiger partial charge in [-0.1, -0.05) is 186 Å². The highest BCUT2D eigenvalue weighted by atomic mass is 15.3. The van der Waals surface area contributed by atoms with E-state index in [4.69, 9.17) is 0 Å². The van der Waals surface area contributed by atoms with Gasteiger partial charge in [-0.25, -0.2) is 0 Å². The van der Waals surface area contributed by atoms with E-state index in [-0.39, 0.29) is 39.3 Å². The van der Waals surface area contributed by atoms with Crippen LogP contribution in [0.4, 0.5) is 45.5 Å². The van der Waals surface area contributed by atoms with Gasteiger partial charge in [0.05, 0.1) is 11.2 Å². The minimum atomic E-state index is -0.162. The summed E-state index contributed by atoms with van der Waals surface area (Å²) < 4.78 is 0. The summed E-state index contributed by atoms with van der Waals surface area (Å²) in [5.41, 5.74) is 31.6. The molecule has 4 heteroatoms. The number of hydrogen-bond donors (Lipinski definition) is 0. The molecule has 0 N–H and O–H groups in total. The third-order valence-corrected chi connectivity index (χ3v) is 20.2. The molecule has 3 aliphatic carbocycles. The third kappa shape index (κ3) is 6.19. The fourth-order valence-corrected chi connectivity index (χ4v) is 16.1. The predicted molar refractivity (Wildman–Crippen MR) is 325 cm³/mol. The molecule has 6 aliphatic rings. The molecule has 8 aromatic rings. The summed E-state index contributed by atoms with van der Waals surface area (Å²) in [6.45, 7) is 33.8. The molecule has 3 heterocycles. The minimum absolute atomic E-state index is 0.0129. The highest BCUT2D eigenvalue weighted by Gasteiger charge is 2.59. The van der Waals surface area contributed by atoms with Crippen LogP contribution in [0.25, 0.3) is 22.3 Å². The van der Waals surface area contributed by atoms with E-state index in [0.717, 1.165) is 6.42 Å². The quantitative estimate of drug-likeness (QED) is 0.163. The summed E-state index contributed by atoms with van der Waals surface area (Å²) in [6.07, 6.45) is 4.78. The lowest BCUT2D eigenvalue weighted by molar-refractivity contribution is 0.194. The van der Waals surface area contributed by atoms with Crippen LogP contribution in [0.5, 0.6) is 0 Å². The van der Waals surface area contributed by atoms with E-state index in [1.54, 1.807) is 5.56 Å². The van der Waals surface area contributed by atoms with E-state index in [9.17, 15) is 0 Å². The molecule has 0 radical (unpaired) electrons. The minimum Gasteiger partial charge on any atom is -0.334 e. The second-order valence-corrected chi connectivity index (χ2v) is 27.4. The largest absolute Gasteiger partial charge is 0.334 e. The Balaban J connectivity index is 1.14. The van der Waals surface area contributed by atoms with Crippen LogP contribution in [0.15, 0.2) is 146 Å². The van der Waals surface area contributed by atoms with Crippen LogP contribution >= 0.6 is 0 Å². The summed E-state index contributed by atoms with van der Waals surface area (Å²) in [6, 6.07) is 58.3. The van der Waals surface area contributed by atoms with Crippen LogP contribution < -0.4 is 31.1 Å². The molecule has 2 unspecified atom stereocenters. The van der Waals surface area contributed by atoms with Gasteiger partial charge in [0.2, 0.25) is 0 Å². The molecule has 1 saturated carbocycles. The fraction of sp³-hybridized carbons (Fsp3) is 0.333. The van der Waals surface area contributed by atoms with Gasteiger partial charge in [-0.15, -0.1) is 0 Å². The van der Waals surface area contributed by atoms with Crippen molar-refractivity contribution in [1.82, 2.24) is 0 Å². The van der Waals surface area contributed by atoms with Gasteiger partial charge in [0, 0.05) is 61.6 Å². The predicted octanol–water partition coefficient (Wildman–Crippen LogP) is 17.3. The van der Waals surface area contributed by atoms with Gasteiger partial charge in [0.25, 0.3) is 6.71 Å². The highest BCUT2D eigenvalue weighted by molar-refractivity contribution is 7.00. The summed E-state index contributed by atoms with van der Waals surface area (Å²) in [5.74, 6) is 0. The number of benzene rings is 8. The maximum Gasteiger partial charge on any atom is 0.252 e. The summed E-state index contributed by atoms with van der Waals surface area (Å²) in [5, 5.41) is 0. The number of aryl methyl sites for hydroxylation is 2. The van der Waals surface area contributed by atoms with Crippen molar-refractivity contribution in [3.8, 4) is 22.3 Å². The Morgan fingerprint density at radius 3 is 1.68 bits per heavy atom. The van der Waals surface area contributed by atoms with E-state index < -0.39 is 0 Å². The van der Waals surface area contributed by atoms with Gasteiger partial charge in [0.1, 0.15) is 0 Å². The zero-order valence-electron chi connectivity index (χ0n) is 47.6. The van der Waals surface area contributed by atoms with Crippen molar-refractivity contribution in [1.29, 1.82) is 0 Å². The summed E-state index contributed by atoms with van der Waals surface area (Å²) >= 11 is 0. The normalized spacial score (nSPS) is 20.8. The molecule has 1 fully saturated rings. The smallest absolute Gasteiger partial charge is 0.252 e. The van der Waals surface area contributed by atoms with E-state index in [1.807, 2.05) is 0 Å². The second-order valence-electron chi connectivity index (χ2n) is 27.4. The summed E-state index contributed by atoms with van der Waals surface area (Å²) in [7, 11) is 0. The Labute approximate surface area is 454 Å².